The van der Waals surface area contributed by atoms with Gasteiger partial charge in [-0.1, -0.05) is 18.9 Å². The largest absolute Gasteiger partial charge is 0.488 e. The predicted molar refractivity (Wildman–Crippen MR) is 99.6 cm³/mol. The van der Waals surface area contributed by atoms with Gasteiger partial charge in [0.15, 0.2) is 0 Å². The van der Waals surface area contributed by atoms with E-state index < -0.39 is 13.0 Å². The Bertz CT molecular complexity index is 773. The number of alkyl halides is 2. The van der Waals surface area contributed by atoms with Crippen LogP contribution in [0.2, 0.25) is 0 Å². The fraction of sp³-hybridized carbons (Fsp3) is 0.727. The highest BCUT2D eigenvalue weighted by Gasteiger charge is 2.54. The van der Waals surface area contributed by atoms with Crippen molar-refractivity contribution in [3.05, 3.63) is 29.3 Å². The van der Waals surface area contributed by atoms with Gasteiger partial charge in [0.25, 0.3) is 6.43 Å². The van der Waals surface area contributed by atoms with Crippen LogP contribution < -0.4 is 4.74 Å². The van der Waals surface area contributed by atoms with Crippen molar-refractivity contribution < 1.29 is 21.0 Å². The average molecular weight is 379 g/mol. The van der Waals surface area contributed by atoms with Gasteiger partial charge in [-0.15, -0.1) is 0 Å². The molecule has 2 aliphatic carbocycles. The van der Waals surface area contributed by atoms with Crippen molar-refractivity contribution in [2.75, 3.05) is 26.3 Å². The Morgan fingerprint density at radius 2 is 2.19 bits per heavy atom. The van der Waals surface area contributed by atoms with Gasteiger partial charge < -0.3 is 9.47 Å². The van der Waals surface area contributed by atoms with Crippen molar-refractivity contribution in [3.63, 3.8) is 0 Å². The standard InChI is InChI=1S/C22H29F2NO2/c23-21(24)14-27-16-5-4-15-11-20-18-3-1-2-7-22(18,19(15)12-16)8-9-25(20)13-17-6-10-26-17/h4-5,12,17-18,20-21H,1-3,6-11,13-14H2/t17?,18-,20+,22+/m1/s1/i14D2. The van der Waals surface area contributed by atoms with Crippen LogP contribution in [0.5, 0.6) is 5.75 Å². The maximum Gasteiger partial charge on any atom is 0.272 e. The number of hydrogen-bond acceptors (Lipinski definition) is 3. The van der Waals surface area contributed by atoms with E-state index in [0.717, 1.165) is 45.4 Å². The quantitative estimate of drug-likeness (QED) is 0.766. The summed E-state index contributed by atoms with van der Waals surface area (Å²) in [4.78, 5) is 2.64. The molecule has 148 valence electrons. The van der Waals surface area contributed by atoms with Crippen molar-refractivity contribution in [1.82, 2.24) is 4.90 Å². The minimum absolute atomic E-state index is 0.0738. The lowest BCUT2D eigenvalue weighted by molar-refractivity contribution is -0.0947. The third-order valence-corrected chi connectivity index (χ3v) is 7.42. The SMILES string of the molecule is [2H]C([2H])(Oc1ccc2c(c1)[C@]13CCCC[C@@H]1[C@H](C2)N(CC1CCO1)CC3)C(F)F. The molecule has 3 nitrogen and oxygen atoms in total. The van der Waals surface area contributed by atoms with Crippen molar-refractivity contribution in [2.45, 2.75) is 68.9 Å². The molecule has 5 heteroatoms. The Balaban J connectivity index is 1.47. The number of halogens is 2. The summed E-state index contributed by atoms with van der Waals surface area (Å²) in [6, 6.07) is 6.03. The van der Waals surface area contributed by atoms with E-state index in [2.05, 4.69) is 4.90 Å². The van der Waals surface area contributed by atoms with Gasteiger partial charge in [0.1, 0.15) is 12.3 Å². The average Bonchev–Trinajstić information content (AvgIpc) is 2.66. The highest BCUT2D eigenvalue weighted by atomic mass is 19.3. The van der Waals surface area contributed by atoms with Gasteiger partial charge in [-0.2, -0.15) is 0 Å². The predicted octanol–water partition coefficient (Wildman–Crippen LogP) is 4.18. The van der Waals surface area contributed by atoms with E-state index in [1.807, 2.05) is 12.1 Å². The number of rotatable bonds is 5. The fourth-order valence-corrected chi connectivity index (χ4v) is 6.16. The Hall–Kier alpha value is -1.20. The van der Waals surface area contributed by atoms with Crippen molar-refractivity contribution in [1.29, 1.82) is 0 Å². The molecule has 1 aromatic rings. The number of piperidine rings is 1. The molecule has 1 saturated carbocycles. The van der Waals surface area contributed by atoms with E-state index in [9.17, 15) is 8.78 Å². The number of fused-ring (bicyclic) bond motifs is 1. The summed E-state index contributed by atoms with van der Waals surface area (Å²) in [5.74, 6) is 0.788. The fourth-order valence-electron chi connectivity index (χ4n) is 6.16. The first-order chi connectivity index (χ1) is 13.9. The smallest absolute Gasteiger partial charge is 0.272 e. The highest BCUT2D eigenvalue weighted by molar-refractivity contribution is 5.45. The molecule has 2 aliphatic heterocycles. The van der Waals surface area contributed by atoms with E-state index in [4.69, 9.17) is 12.2 Å². The van der Waals surface area contributed by atoms with E-state index >= 15 is 0 Å². The molecule has 0 aromatic heterocycles. The summed E-state index contributed by atoms with van der Waals surface area (Å²) >= 11 is 0. The molecule has 3 fully saturated rings. The molecule has 2 saturated heterocycles. The Labute approximate surface area is 162 Å². The second kappa shape index (κ2) is 7.00. The van der Waals surface area contributed by atoms with E-state index in [0.29, 0.717) is 18.1 Å². The van der Waals surface area contributed by atoms with E-state index in [1.54, 1.807) is 6.07 Å². The van der Waals surface area contributed by atoms with Crippen LogP contribution in [-0.2, 0) is 16.6 Å². The third-order valence-electron chi connectivity index (χ3n) is 7.42. The van der Waals surface area contributed by atoms with Crippen molar-refractivity contribution in [3.8, 4) is 5.75 Å². The first kappa shape index (κ1) is 15.7. The van der Waals surface area contributed by atoms with Crippen LogP contribution in [0.4, 0.5) is 8.78 Å². The van der Waals surface area contributed by atoms with Gasteiger partial charge in [0.2, 0.25) is 0 Å². The molecule has 1 aromatic carbocycles. The van der Waals surface area contributed by atoms with Crippen LogP contribution >= 0.6 is 0 Å². The number of hydrogen-bond donors (Lipinski definition) is 0. The van der Waals surface area contributed by atoms with Gasteiger partial charge in [-0.05, 0) is 67.8 Å². The molecule has 5 rings (SSSR count). The Morgan fingerprint density at radius 1 is 1.30 bits per heavy atom. The highest BCUT2D eigenvalue weighted by Crippen LogP contribution is 2.56. The third kappa shape index (κ3) is 3.07. The summed E-state index contributed by atoms with van der Waals surface area (Å²) in [7, 11) is 0. The number of ether oxygens (including phenoxy) is 2. The first-order valence-corrected chi connectivity index (χ1v) is 10.4. The molecule has 0 amide bonds. The van der Waals surface area contributed by atoms with E-state index in [1.165, 1.54) is 30.4 Å². The number of benzene rings is 1. The molecule has 2 bridgehead atoms. The maximum absolute atomic E-state index is 13.0. The van der Waals surface area contributed by atoms with Crippen LogP contribution in [0.1, 0.15) is 52.4 Å². The molecule has 27 heavy (non-hydrogen) atoms. The summed E-state index contributed by atoms with van der Waals surface area (Å²) < 4.78 is 51.7. The molecular formula is C22H29F2NO2. The zero-order chi connectivity index (χ0) is 20.2. The lowest BCUT2D eigenvalue weighted by Gasteiger charge is -2.59. The van der Waals surface area contributed by atoms with Crippen LogP contribution in [0.15, 0.2) is 18.2 Å². The van der Waals surface area contributed by atoms with Gasteiger partial charge in [0.05, 0.1) is 8.85 Å². The monoisotopic (exact) mass is 379 g/mol. The molecule has 2 heterocycles. The van der Waals surface area contributed by atoms with Crippen LogP contribution in [-0.4, -0.2) is 49.7 Å². The Morgan fingerprint density at radius 3 is 2.96 bits per heavy atom. The second-order valence-electron chi connectivity index (χ2n) is 8.65. The van der Waals surface area contributed by atoms with Gasteiger partial charge in [0, 0.05) is 24.6 Å². The summed E-state index contributed by atoms with van der Waals surface area (Å²) in [6.07, 6.45) is 5.15. The molecule has 0 spiro atoms. The lowest BCUT2D eigenvalue weighted by atomic mass is 9.52. The molecule has 1 unspecified atom stereocenters. The number of nitrogens with zero attached hydrogens (tertiary/aromatic N) is 1. The van der Waals surface area contributed by atoms with Crippen molar-refractivity contribution >= 4 is 0 Å². The minimum atomic E-state index is -3.18. The molecule has 0 N–H and O–H groups in total. The topological polar surface area (TPSA) is 21.7 Å². The minimum Gasteiger partial charge on any atom is -0.488 e. The molecule has 0 radical (unpaired) electrons. The zero-order valence-corrected chi connectivity index (χ0v) is 15.6. The van der Waals surface area contributed by atoms with Crippen LogP contribution in [0, 0.1) is 5.92 Å². The van der Waals surface area contributed by atoms with Gasteiger partial charge in [-0.3, -0.25) is 4.90 Å². The van der Waals surface area contributed by atoms with E-state index in [-0.39, 0.29) is 11.2 Å². The summed E-state index contributed by atoms with van der Waals surface area (Å²) in [6.45, 7) is -0.0265. The number of likely N-dealkylation sites (tertiary alicyclic amines) is 1. The van der Waals surface area contributed by atoms with Crippen LogP contribution in [0.25, 0.3) is 0 Å². The molecular weight excluding hydrogens is 348 g/mol. The Kier molecular flexibility index (Phi) is 4.07. The molecule has 4 atom stereocenters. The second-order valence-corrected chi connectivity index (χ2v) is 8.65. The van der Waals surface area contributed by atoms with Crippen LogP contribution in [0.3, 0.4) is 0 Å². The summed E-state index contributed by atoms with van der Waals surface area (Å²) in [5, 5.41) is 0. The lowest BCUT2D eigenvalue weighted by Crippen LogP contribution is -2.62. The maximum atomic E-state index is 13.0. The van der Waals surface area contributed by atoms with Crippen molar-refractivity contribution in [2.24, 2.45) is 5.92 Å². The van der Waals surface area contributed by atoms with Gasteiger partial charge >= 0.3 is 0 Å². The summed E-state index contributed by atoms with van der Waals surface area (Å²) in [5.41, 5.74) is 2.57. The normalized spacial score (nSPS) is 36.9. The molecule has 4 aliphatic rings. The van der Waals surface area contributed by atoms with Gasteiger partial charge in [-0.25, -0.2) is 8.78 Å². The first-order valence-electron chi connectivity index (χ1n) is 11.4. The zero-order valence-electron chi connectivity index (χ0n) is 17.6.